The Morgan fingerprint density at radius 3 is 2.55 bits per heavy atom. The van der Waals surface area contributed by atoms with Crippen LogP contribution in [0.3, 0.4) is 0 Å². The van der Waals surface area contributed by atoms with Crippen LogP contribution in [0.1, 0.15) is 51.4 Å². The summed E-state index contributed by atoms with van der Waals surface area (Å²) in [4.78, 5) is 2.49. The Morgan fingerprint density at radius 1 is 1.20 bits per heavy atom. The van der Waals surface area contributed by atoms with E-state index in [9.17, 15) is 0 Å². The van der Waals surface area contributed by atoms with Crippen LogP contribution in [0.2, 0.25) is 0 Å². The zero-order valence-electron chi connectivity index (χ0n) is 12.3. The van der Waals surface area contributed by atoms with Crippen LogP contribution in [0.4, 0.5) is 0 Å². The normalized spacial score (nSPS) is 32.2. The van der Waals surface area contributed by atoms with E-state index in [0.29, 0.717) is 11.9 Å². The molecule has 0 bridgehead atoms. The standard InChI is InChI=1S/C15H27N3O2/c16-14(17-19)12-4-9-18(10-5-12)11-13-3-8-15(20-13)6-1-2-7-15/h12-13,19H,1-11H2,(H2,16,17). The van der Waals surface area contributed by atoms with Crippen molar-refractivity contribution in [3.05, 3.63) is 0 Å². The topological polar surface area (TPSA) is 71.1 Å². The SMILES string of the molecule is NC(=NO)C1CCN(CC2CCC3(CCCC3)O2)CC1. The molecule has 0 radical (unpaired) electrons. The number of amidine groups is 1. The number of hydrogen-bond acceptors (Lipinski definition) is 4. The third-order valence-corrected chi connectivity index (χ3v) is 5.44. The summed E-state index contributed by atoms with van der Waals surface area (Å²) in [5.41, 5.74) is 5.94. The molecule has 1 atom stereocenters. The van der Waals surface area contributed by atoms with Gasteiger partial charge in [0.15, 0.2) is 0 Å². The molecule has 114 valence electrons. The van der Waals surface area contributed by atoms with Gasteiger partial charge in [-0.25, -0.2) is 0 Å². The molecule has 3 N–H and O–H groups in total. The van der Waals surface area contributed by atoms with Gasteiger partial charge in [-0.1, -0.05) is 18.0 Å². The summed E-state index contributed by atoms with van der Waals surface area (Å²) in [5.74, 6) is 0.647. The van der Waals surface area contributed by atoms with E-state index in [1.54, 1.807) is 0 Å². The molecule has 3 fully saturated rings. The lowest BCUT2D eigenvalue weighted by Crippen LogP contribution is -2.42. The summed E-state index contributed by atoms with van der Waals surface area (Å²) in [6.45, 7) is 3.13. The average molecular weight is 281 g/mol. The van der Waals surface area contributed by atoms with E-state index in [1.165, 1.54) is 38.5 Å². The molecule has 0 aromatic carbocycles. The zero-order chi connectivity index (χ0) is 14.0. The number of rotatable bonds is 3. The number of piperidine rings is 1. The Balaban J connectivity index is 1.44. The van der Waals surface area contributed by atoms with Gasteiger partial charge < -0.3 is 20.6 Å². The molecule has 5 nitrogen and oxygen atoms in total. The highest BCUT2D eigenvalue weighted by atomic mass is 16.5. The second-order valence-electron chi connectivity index (χ2n) is 6.77. The van der Waals surface area contributed by atoms with Crippen molar-refractivity contribution >= 4 is 5.84 Å². The van der Waals surface area contributed by atoms with Crippen molar-refractivity contribution < 1.29 is 9.94 Å². The van der Waals surface area contributed by atoms with E-state index in [2.05, 4.69) is 10.1 Å². The Kier molecular flexibility index (Phi) is 4.17. The van der Waals surface area contributed by atoms with E-state index in [1.807, 2.05) is 0 Å². The summed E-state index contributed by atoms with van der Waals surface area (Å²) >= 11 is 0. The first kappa shape index (κ1) is 14.1. The Morgan fingerprint density at radius 2 is 1.90 bits per heavy atom. The summed E-state index contributed by atoms with van der Waals surface area (Å²) in [6.07, 6.45) is 10.1. The highest BCUT2D eigenvalue weighted by Crippen LogP contribution is 2.43. The molecule has 20 heavy (non-hydrogen) atoms. The van der Waals surface area contributed by atoms with Crippen molar-refractivity contribution in [2.45, 2.75) is 63.1 Å². The minimum absolute atomic E-state index is 0.247. The van der Waals surface area contributed by atoms with Crippen LogP contribution < -0.4 is 5.73 Å². The zero-order valence-corrected chi connectivity index (χ0v) is 12.3. The minimum Gasteiger partial charge on any atom is -0.409 e. The maximum absolute atomic E-state index is 8.73. The number of likely N-dealkylation sites (tertiary alicyclic amines) is 1. The molecular weight excluding hydrogens is 254 g/mol. The largest absolute Gasteiger partial charge is 0.409 e. The first-order valence-electron chi connectivity index (χ1n) is 8.08. The first-order chi connectivity index (χ1) is 9.71. The van der Waals surface area contributed by atoms with E-state index < -0.39 is 0 Å². The molecule has 1 aliphatic carbocycles. The van der Waals surface area contributed by atoms with Gasteiger partial charge in [0.2, 0.25) is 0 Å². The number of oxime groups is 1. The van der Waals surface area contributed by atoms with Gasteiger partial charge >= 0.3 is 0 Å². The summed E-state index contributed by atoms with van der Waals surface area (Å²) in [6, 6.07) is 0. The van der Waals surface area contributed by atoms with Crippen LogP contribution in [-0.4, -0.2) is 47.3 Å². The molecule has 2 saturated heterocycles. The Hall–Kier alpha value is -0.810. The van der Waals surface area contributed by atoms with Gasteiger partial charge in [-0.2, -0.15) is 0 Å². The van der Waals surface area contributed by atoms with Gasteiger partial charge in [-0.3, -0.25) is 0 Å². The predicted molar refractivity (Wildman–Crippen MR) is 77.9 cm³/mol. The summed E-state index contributed by atoms with van der Waals surface area (Å²) in [5, 5.41) is 11.9. The minimum atomic E-state index is 0.247. The predicted octanol–water partition coefficient (Wildman–Crippen LogP) is 1.94. The van der Waals surface area contributed by atoms with Gasteiger partial charge in [0.1, 0.15) is 5.84 Å². The highest BCUT2D eigenvalue weighted by molar-refractivity contribution is 5.82. The van der Waals surface area contributed by atoms with Gasteiger partial charge in [-0.05, 0) is 51.6 Å². The van der Waals surface area contributed by atoms with Crippen molar-refractivity contribution in [3.8, 4) is 0 Å². The fraction of sp³-hybridized carbons (Fsp3) is 0.933. The Labute approximate surface area is 121 Å². The van der Waals surface area contributed by atoms with Crippen LogP contribution >= 0.6 is 0 Å². The van der Waals surface area contributed by atoms with Gasteiger partial charge in [0.25, 0.3) is 0 Å². The lowest BCUT2D eigenvalue weighted by molar-refractivity contribution is -0.0492. The molecule has 0 amide bonds. The maximum atomic E-state index is 8.73. The molecule has 3 aliphatic rings. The van der Waals surface area contributed by atoms with E-state index in [-0.39, 0.29) is 11.5 Å². The Bertz CT molecular complexity index is 358. The molecule has 1 spiro atoms. The van der Waals surface area contributed by atoms with Crippen LogP contribution in [0.5, 0.6) is 0 Å². The van der Waals surface area contributed by atoms with Crippen molar-refractivity contribution in [2.24, 2.45) is 16.8 Å². The maximum Gasteiger partial charge on any atom is 0.142 e. The van der Waals surface area contributed by atoms with E-state index in [0.717, 1.165) is 32.5 Å². The number of nitrogens with two attached hydrogens (primary N) is 1. The highest BCUT2D eigenvalue weighted by Gasteiger charge is 2.42. The fourth-order valence-corrected chi connectivity index (χ4v) is 4.19. The second kappa shape index (κ2) is 5.90. The smallest absolute Gasteiger partial charge is 0.142 e. The monoisotopic (exact) mass is 281 g/mol. The van der Waals surface area contributed by atoms with Crippen molar-refractivity contribution in [1.82, 2.24) is 4.90 Å². The van der Waals surface area contributed by atoms with E-state index >= 15 is 0 Å². The third-order valence-electron chi connectivity index (χ3n) is 5.44. The molecule has 2 aliphatic heterocycles. The molecule has 1 unspecified atom stereocenters. The average Bonchev–Trinajstić information content (AvgIpc) is 3.09. The molecule has 1 saturated carbocycles. The van der Waals surface area contributed by atoms with Gasteiger partial charge in [0.05, 0.1) is 11.7 Å². The number of ether oxygens (including phenoxy) is 1. The molecule has 3 rings (SSSR count). The molecule has 2 heterocycles. The van der Waals surface area contributed by atoms with Crippen molar-refractivity contribution in [1.29, 1.82) is 0 Å². The lowest BCUT2D eigenvalue weighted by atomic mass is 9.95. The van der Waals surface area contributed by atoms with Crippen LogP contribution in [0.25, 0.3) is 0 Å². The first-order valence-corrected chi connectivity index (χ1v) is 8.08. The molecule has 5 heteroatoms. The lowest BCUT2D eigenvalue weighted by Gasteiger charge is -2.33. The summed E-state index contributed by atoms with van der Waals surface area (Å²) in [7, 11) is 0. The second-order valence-corrected chi connectivity index (χ2v) is 6.77. The fourth-order valence-electron chi connectivity index (χ4n) is 4.19. The van der Waals surface area contributed by atoms with Crippen molar-refractivity contribution in [3.63, 3.8) is 0 Å². The van der Waals surface area contributed by atoms with Crippen molar-refractivity contribution in [2.75, 3.05) is 19.6 Å². The van der Waals surface area contributed by atoms with Gasteiger partial charge in [0, 0.05) is 12.5 Å². The van der Waals surface area contributed by atoms with Crippen LogP contribution in [0, 0.1) is 5.92 Å². The number of nitrogens with zero attached hydrogens (tertiary/aromatic N) is 2. The third kappa shape index (κ3) is 2.93. The van der Waals surface area contributed by atoms with E-state index in [4.69, 9.17) is 15.7 Å². The molecular formula is C15H27N3O2. The molecule has 0 aromatic rings. The number of hydrogen-bond donors (Lipinski definition) is 2. The van der Waals surface area contributed by atoms with Crippen LogP contribution in [-0.2, 0) is 4.74 Å². The quantitative estimate of drug-likeness (QED) is 0.359. The van der Waals surface area contributed by atoms with Gasteiger partial charge in [-0.15, -0.1) is 0 Å². The summed E-state index contributed by atoms with van der Waals surface area (Å²) < 4.78 is 6.38. The molecule has 0 aromatic heterocycles. The van der Waals surface area contributed by atoms with Crippen LogP contribution in [0.15, 0.2) is 5.16 Å².